The molecule has 7 heteroatoms. The maximum Gasteiger partial charge on any atom is 0.310 e. The van der Waals surface area contributed by atoms with Crippen molar-refractivity contribution in [2.24, 2.45) is 5.73 Å². The summed E-state index contributed by atoms with van der Waals surface area (Å²) in [4.78, 5) is 11.7. The highest BCUT2D eigenvalue weighted by molar-refractivity contribution is 5.93. The molecule has 0 amide bonds. The zero-order valence-electron chi connectivity index (χ0n) is 19.1. The van der Waals surface area contributed by atoms with Gasteiger partial charge in [-0.25, -0.2) is 4.39 Å². The van der Waals surface area contributed by atoms with E-state index in [0.717, 1.165) is 33.2 Å². The van der Waals surface area contributed by atoms with E-state index in [1.807, 2.05) is 42.5 Å². The Labute approximate surface area is 197 Å². The van der Waals surface area contributed by atoms with Crippen LogP contribution in [-0.2, 0) is 40.4 Å². The van der Waals surface area contributed by atoms with E-state index < -0.39 is 11.8 Å². The average molecular weight is 464 g/mol. The van der Waals surface area contributed by atoms with Gasteiger partial charge in [0.05, 0.1) is 13.5 Å². The third-order valence-electron chi connectivity index (χ3n) is 5.47. The van der Waals surface area contributed by atoms with Crippen molar-refractivity contribution in [1.82, 2.24) is 0 Å². The third-order valence-corrected chi connectivity index (χ3v) is 5.47. The minimum absolute atomic E-state index is 0.00954. The molecule has 176 valence electrons. The predicted octanol–water partition coefficient (Wildman–Crippen LogP) is 5.14. The van der Waals surface area contributed by atoms with Crippen LogP contribution in [0.2, 0.25) is 0 Å². The van der Waals surface area contributed by atoms with Crippen LogP contribution < -0.4 is 10.5 Å². The van der Waals surface area contributed by atoms with E-state index in [9.17, 15) is 9.18 Å². The molecular weight excluding hydrogens is 437 g/mol. The quantitative estimate of drug-likeness (QED) is 0.346. The number of rotatable bonds is 9. The number of ether oxygens (including phenoxy) is 3. The summed E-state index contributed by atoms with van der Waals surface area (Å²) >= 11 is 0. The predicted molar refractivity (Wildman–Crippen MR) is 127 cm³/mol. The molecular formula is C27H26FNO5. The first-order chi connectivity index (χ1) is 16.5. The van der Waals surface area contributed by atoms with E-state index in [4.69, 9.17) is 24.4 Å². The second kappa shape index (κ2) is 10.5. The van der Waals surface area contributed by atoms with Crippen molar-refractivity contribution in [1.29, 1.82) is 0 Å². The number of hydrogen-bond donors (Lipinski definition) is 1. The Kier molecular flexibility index (Phi) is 7.25. The van der Waals surface area contributed by atoms with Gasteiger partial charge in [-0.2, -0.15) is 0 Å². The molecule has 0 saturated heterocycles. The van der Waals surface area contributed by atoms with Crippen LogP contribution in [0, 0.1) is 5.82 Å². The number of halogens is 1. The number of esters is 1. The molecule has 0 spiro atoms. The van der Waals surface area contributed by atoms with Crippen LogP contribution >= 0.6 is 0 Å². The highest BCUT2D eigenvalue weighted by Crippen LogP contribution is 2.34. The Morgan fingerprint density at radius 2 is 1.85 bits per heavy atom. The number of carbonyl (C=O) groups is 1. The van der Waals surface area contributed by atoms with Crippen molar-refractivity contribution < 1.29 is 27.8 Å². The van der Waals surface area contributed by atoms with Gasteiger partial charge in [-0.3, -0.25) is 4.79 Å². The Bertz CT molecular complexity index is 1310. The number of furan rings is 1. The normalized spacial score (nSPS) is 11.1. The number of fused-ring (bicyclic) bond motifs is 1. The second-order valence-electron chi connectivity index (χ2n) is 7.91. The second-order valence-corrected chi connectivity index (χ2v) is 7.91. The monoisotopic (exact) mass is 463 g/mol. The van der Waals surface area contributed by atoms with Crippen LogP contribution in [0.3, 0.4) is 0 Å². The smallest absolute Gasteiger partial charge is 0.310 e. The molecule has 0 atom stereocenters. The van der Waals surface area contributed by atoms with Gasteiger partial charge in [0.1, 0.15) is 36.1 Å². The van der Waals surface area contributed by atoms with Gasteiger partial charge in [0.2, 0.25) is 0 Å². The number of carbonyl (C=O) groups excluding carboxylic acids is 1. The molecule has 0 aliphatic heterocycles. The molecule has 0 saturated carbocycles. The summed E-state index contributed by atoms with van der Waals surface area (Å²) in [6.45, 7) is 0.945. The summed E-state index contributed by atoms with van der Waals surface area (Å²) in [6.07, 6.45) is -0.00954. The fourth-order valence-corrected chi connectivity index (χ4v) is 3.84. The lowest BCUT2D eigenvalue weighted by molar-refractivity contribution is -0.139. The van der Waals surface area contributed by atoms with Crippen molar-refractivity contribution in [3.8, 4) is 16.9 Å². The van der Waals surface area contributed by atoms with Gasteiger partial charge < -0.3 is 24.4 Å². The van der Waals surface area contributed by atoms with E-state index in [0.29, 0.717) is 30.2 Å². The van der Waals surface area contributed by atoms with E-state index in [1.54, 1.807) is 7.11 Å². The molecule has 34 heavy (non-hydrogen) atoms. The van der Waals surface area contributed by atoms with Crippen LogP contribution in [0.15, 0.2) is 65.1 Å². The van der Waals surface area contributed by atoms with Crippen molar-refractivity contribution in [2.45, 2.75) is 26.2 Å². The molecule has 1 heterocycles. The molecule has 0 fully saturated rings. The molecule has 4 aromatic rings. The lowest BCUT2D eigenvalue weighted by Gasteiger charge is -2.13. The molecule has 0 aliphatic carbocycles. The Morgan fingerprint density at radius 1 is 1.00 bits per heavy atom. The van der Waals surface area contributed by atoms with Crippen LogP contribution in [0.1, 0.15) is 22.5 Å². The highest BCUT2D eigenvalue weighted by Gasteiger charge is 2.15. The minimum atomic E-state index is -0.447. The SMILES string of the molecule is COCc1cc2cc(COc3cc(F)ccc3CC(=O)OC)cc(-c3cccc(CN)c3)c2o1. The van der Waals surface area contributed by atoms with E-state index >= 15 is 0 Å². The van der Waals surface area contributed by atoms with Gasteiger partial charge in [-0.15, -0.1) is 0 Å². The number of nitrogens with two attached hydrogens (primary N) is 1. The lowest BCUT2D eigenvalue weighted by Crippen LogP contribution is -2.07. The largest absolute Gasteiger partial charge is 0.488 e. The standard InChI is InChI=1S/C27H26FNO5/c1-31-16-23-11-21-9-18(10-24(27(21)34-23)19-5-3-4-17(8-19)14-29)15-33-25-13-22(28)7-6-20(25)12-26(30)32-2/h3-11,13H,12,14-16,29H2,1-2H3. The molecule has 2 N–H and O–H groups in total. The van der Waals surface area contributed by atoms with Crippen molar-refractivity contribution in [2.75, 3.05) is 14.2 Å². The van der Waals surface area contributed by atoms with Crippen molar-refractivity contribution in [3.05, 3.63) is 88.9 Å². The van der Waals surface area contributed by atoms with Crippen LogP contribution in [0.4, 0.5) is 4.39 Å². The average Bonchev–Trinajstić information content (AvgIpc) is 3.26. The number of benzene rings is 3. The summed E-state index contributed by atoms with van der Waals surface area (Å²) in [5.74, 6) is 0.128. The van der Waals surface area contributed by atoms with Crippen LogP contribution in [0.5, 0.6) is 5.75 Å². The van der Waals surface area contributed by atoms with Gasteiger partial charge in [0.15, 0.2) is 0 Å². The van der Waals surface area contributed by atoms with E-state index in [1.165, 1.54) is 25.3 Å². The molecule has 0 aliphatic rings. The van der Waals surface area contributed by atoms with Crippen LogP contribution in [-0.4, -0.2) is 20.2 Å². The minimum Gasteiger partial charge on any atom is -0.488 e. The Balaban J connectivity index is 1.71. The molecule has 0 radical (unpaired) electrons. The van der Waals surface area contributed by atoms with Crippen LogP contribution in [0.25, 0.3) is 22.1 Å². The zero-order chi connectivity index (χ0) is 24.1. The van der Waals surface area contributed by atoms with E-state index in [-0.39, 0.29) is 13.0 Å². The first kappa shape index (κ1) is 23.5. The maximum atomic E-state index is 13.9. The number of methoxy groups -OCH3 is 2. The van der Waals surface area contributed by atoms with Gasteiger partial charge >= 0.3 is 5.97 Å². The topological polar surface area (TPSA) is 83.9 Å². The first-order valence-corrected chi connectivity index (χ1v) is 10.8. The summed E-state index contributed by atoms with van der Waals surface area (Å²) in [5, 5.41) is 0.898. The van der Waals surface area contributed by atoms with E-state index in [2.05, 4.69) is 0 Å². The Hall–Kier alpha value is -3.68. The first-order valence-electron chi connectivity index (χ1n) is 10.8. The maximum absolute atomic E-state index is 13.9. The fraction of sp³-hybridized carbons (Fsp3) is 0.222. The Morgan fingerprint density at radius 3 is 2.62 bits per heavy atom. The third kappa shape index (κ3) is 5.27. The lowest BCUT2D eigenvalue weighted by atomic mass is 9.99. The summed E-state index contributed by atoms with van der Waals surface area (Å²) in [5.41, 5.74) is 10.8. The highest BCUT2D eigenvalue weighted by atomic mass is 19.1. The molecule has 6 nitrogen and oxygen atoms in total. The molecule has 0 bridgehead atoms. The molecule has 3 aromatic carbocycles. The summed E-state index contributed by atoms with van der Waals surface area (Å²) in [6, 6.07) is 17.9. The van der Waals surface area contributed by atoms with Gasteiger partial charge in [0, 0.05) is 36.2 Å². The molecule has 1 aromatic heterocycles. The summed E-state index contributed by atoms with van der Waals surface area (Å²) in [7, 11) is 2.93. The molecule has 0 unspecified atom stereocenters. The van der Waals surface area contributed by atoms with Gasteiger partial charge in [0.25, 0.3) is 0 Å². The van der Waals surface area contributed by atoms with Crippen molar-refractivity contribution >= 4 is 16.9 Å². The van der Waals surface area contributed by atoms with Crippen molar-refractivity contribution in [3.63, 3.8) is 0 Å². The van der Waals surface area contributed by atoms with Gasteiger partial charge in [-0.1, -0.05) is 24.3 Å². The summed E-state index contributed by atoms with van der Waals surface area (Å²) < 4.78 is 35.9. The molecule has 4 rings (SSSR count). The zero-order valence-corrected chi connectivity index (χ0v) is 19.1. The number of hydrogen-bond acceptors (Lipinski definition) is 6. The van der Waals surface area contributed by atoms with Gasteiger partial charge in [-0.05, 0) is 47.0 Å². The fourth-order valence-electron chi connectivity index (χ4n) is 3.84.